The van der Waals surface area contributed by atoms with Crippen molar-refractivity contribution in [3.05, 3.63) is 30.0 Å². The zero-order valence-corrected chi connectivity index (χ0v) is 10.6. The highest BCUT2D eigenvalue weighted by Gasteiger charge is 2.16. The molecule has 0 saturated heterocycles. The minimum Gasteiger partial charge on any atom is -0.508 e. The number of aliphatic carboxylic acids is 1. The average Bonchev–Trinajstić information content (AvgIpc) is 2.66. The van der Waals surface area contributed by atoms with Crippen LogP contribution >= 0.6 is 0 Å². The van der Waals surface area contributed by atoms with E-state index in [0.717, 1.165) is 23.0 Å². The Morgan fingerprint density at radius 1 is 1.44 bits per heavy atom. The molecule has 2 rings (SSSR count). The highest BCUT2D eigenvalue weighted by molar-refractivity contribution is 5.86. The van der Waals surface area contributed by atoms with Crippen molar-refractivity contribution in [1.29, 1.82) is 0 Å². The van der Waals surface area contributed by atoms with Crippen LogP contribution in [0.1, 0.15) is 31.7 Å². The van der Waals surface area contributed by atoms with Crippen molar-refractivity contribution in [3.8, 4) is 5.75 Å². The molecule has 0 aliphatic rings. The second-order valence-corrected chi connectivity index (χ2v) is 4.57. The molecule has 0 bridgehead atoms. The monoisotopic (exact) mass is 247 g/mol. The SMILES string of the molecule is CCn1cc(C(C)CC(=O)O)c2cc(O)ccc21. The van der Waals surface area contributed by atoms with Crippen molar-refractivity contribution in [1.82, 2.24) is 4.57 Å². The zero-order chi connectivity index (χ0) is 13.3. The van der Waals surface area contributed by atoms with E-state index in [0.29, 0.717) is 0 Å². The maximum absolute atomic E-state index is 10.8. The Kier molecular flexibility index (Phi) is 3.28. The van der Waals surface area contributed by atoms with E-state index >= 15 is 0 Å². The molecule has 0 amide bonds. The Hall–Kier alpha value is -1.97. The molecular weight excluding hydrogens is 230 g/mol. The summed E-state index contributed by atoms with van der Waals surface area (Å²) in [6.45, 7) is 4.76. The van der Waals surface area contributed by atoms with Crippen molar-refractivity contribution >= 4 is 16.9 Å². The third kappa shape index (κ3) is 2.18. The van der Waals surface area contributed by atoms with Gasteiger partial charge in [0.15, 0.2) is 0 Å². The molecule has 0 fully saturated rings. The number of phenolic OH excluding ortho intramolecular Hbond substituents is 1. The lowest BCUT2D eigenvalue weighted by Crippen LogP contribution is -2.02. The Labute approximate surface area is 105 Å². The summed E-state index contributed by atoms with van der Waals surface area (Å²) < 4.78 is 2.07. The van der Waals surface area contributed by atoms with Gasteiger partial charge >= 0.3 is 5.97 Å². The fourth-order valence-electron chi connectivity index (χ4n) is 2.34. The van der Waals surface area contributed by atoms with Crippen LogP contribution in [0, 0.1) is 0 Å². The van der Waals surface area contributed by atoms with Crippen molar-refractivity contribution in [2.45, 2.75) is 32.7 Å². The number of benzene rings is 1. The number of carboxylic acid groups (broad SMARTS) is 1. The summed E-state index contributed by atoms with van der Waals surface area (Å²) in [4.78, 5) is 10.8. The third-order valence-electron chi connectivity index (χ3n) is 3.25. The minimum absolute atomic E-state index is 0.0698. The summed E-state index contributed by atoms with van der Waals surface area (Å²) in [7, 11) is 0. The lowest BCUT2D eigenvalue weighted by atomic mass is 9.97. The summed E-state index contributed by atoms with van der Waals surface area (Å²) in [6, 6.07) is 5.22. The van der Waals surface area contributed by atoms with E-state index in [1.165, 1.54) is 0 Å². The first-order chi connectivity index (χ1) is 8.52. The molecule has 18 heavy (non-hydrogen) atoms. The van der Waals surface area contributed by atoms with Crippen molar-refractivity contribution in [2.75, 3.05) is 0 Å². The fourth-order valence-corrected chi connectivity index (χ4v) is 2.34. The van der Waals surface area contributed by atoms with Gasteiger partial charge in [0.1, 0.15) is 5.75 Å². The molecule has 0 aliphatic heterocycles. The lowest BCUT2D eigenvalue weighted by Gasteiger charge is -2.07. The Bertz CT molecular complexity index is 586. The quantitative estimate of drug-likeness (QED) is 0.873. The number of rotatable bonds is 4. The van der Waals surface area contributed by atoms with Gasteiger partial charge in [0.2, 0.25) is 0 Å². The zero-order valence-electron chi connectivity index (χ0n) is 10.6. The lowest BCUT2D eigenvalue weighted by molar-refractivity contribution is -0.137. The fraction of sp³-hybridized carbons (Fsp3) is 0.357. The third-order valence-corrected chi connectivity index (χ3v) is 3.25. The van der Waals surface area contributed by atoms with Crippen LogP contribution in [-0.2, 0) is 11.3 Å². The highest BCUT2D eigenvalue weighted by Crippen LogP contribution is 2.31. The Balaban J connectivity index is 2.55. The van der Waals surface area contributed by atoms with Gasteiger partial charge in [0.05, 0.1) is 6.42 Å². The normalized spacial score (nSPS) is 12.8. The first-order valence-electron chi connectivity index (χ1n) is 6.06. The summed E-state index contributed by atoms with van der Waals surface area (Å²) >= 11 is 0. The van der Waals surface area contributed by atoms with E-state index in [1.54, 1.807) is 12.1 Å². The molecule has 2 N–H and O–H groups in total. The number of phenols is 1. The van der Waals surface area contributed by atoms with Gasteiger partial charge in [-0.05, 0) is 36.6 Å². The van der Waals surface area contributed by atoms with Crippen molar-refractivity contribution in [3.63, 3.8) is 0 Å². The number of carboxylic acids is 1. The van der Waals surface area contributed by atoms with Gasteiger partial charge in [0.25, 0.3) is 0 Å². The van der Waals surface area contributed by atoms with Crippen LogP contribution in [0.5, 0.6) is 5.75 Å². The molecule has 1 atom stereocenters. The topological polar surface area (TPSA) is 62.5 Å². The second-order valence-electron chi connectivity index (χ2n) is 4.57. The van der Waals surface area contributed by atoms with E-state index in [-0.39, 0.29) is 18.1 Å². The van der Waals surface area contributed by atoms with Crippen LogP contribution in [-0.4, -0.2) is 20.7 Å². The molecule has 1 unspecified atom stereocenters. The van der Waals surface area contributed by atoms with E-state index in [4.69, 9.17) is 5.11 Å². The first kappa shape index (κ1) is 12.5. The van der Waals surface area contributed by atoms with Gasteiger partial charge in [-0.3, -0.25) is 4.79 Å². The van der Waals surface area contributed by atoms with Gasteiger partial charge in [-0.2, -0.15) is 0 Å². The Morgan fingerprint density at radius 3 is 2.78 bits per heavy atom. The molecular formula is C14H17NO3. The molecule has 2 aromatic rings. The largest absolute Gasteiger partial charge is 0.508 e. The number of hydrogen-bond acceptors (Lipinski definition) is 2. The number of carbonyl (C=O) groups is 1. The summed E-state index contributed by atoms with van der Waals surface area (Å²) in [5.41, 5.74) is 2.01. The van der Waals surface area contributed by atoms with Gasteiger partial charge in [-0.25, -0.2) is 0 Å². The van der Waals surface area contributed by atoms with Crippen LogP contribution in [0.2, 0.25) is 0 Å². The number of aryl methyl sites for hydroxylation is 1. The van der Waals surface area contributed by atoms with Crippen molar-refractivity contribution < 1.29 is 15.0 Å². The smallest absolute Gasteiger partial charge is 0.303 e. The summed E-state index contributed by atoms with van der Waals surface area (Å²) in [5.74, 6) is -0.667. The van der Waals surface area contributed by atoms with Gasteiger partial charge in [0, 0.05) is 23.6 Å². The number of aromatic nitrogens is 1. The maximum Gasteiger partial charge on any atom is 0.303 e. The second kappa shape index (κ2) is 4.72. The van der Waals surface area contributed by atoms with Crippen LogP contribution in [0.4, 0.5) is 0 Å². The Morgan fingerprint density at radius 2 is 2.17 bits per heavy atom. The molecule has 1 heterocycles. The van der Waals surface area contributed by atoms with Gasteiger partial charge in [-0.1, -0.05) is 6.92 Å². The number of hydrogen-bond donors (Lipinski definition) is 2. The molecule has 0 aliphatic carbocycles. The molecule has 4 heteroatoms. The average molecular weight is 247 g/mol. The number of aromatic hydroxyl groups is 1. The summed E-state index contributed by atoms with van der Waals surface area (Å²) in [5, 5.41) is 19.4. The molecule has 0 spiro atoms. The first-order valence-corrected chi connectivity index (χ1v) is 6.06. The summed E-state index contributed by atoms with van der Waals surface area (Å²) in [6.07, 6.45) is 2.08. The van der Waals surface area contributed by atoms with Crippen LogP contribution in [0.3, 0.4) is 0 Å². The molecule has 0 saturated carbocycles. The van der Waals surface area contributed by atoms with E-state index in [1.807, 2.05) is 26.1 Å². The molecule has 4 nitrogen and oxygen atoms in total. The van der Waals surface area contributed by atoms with Crippen molar-refractivity contribution in [2.24, 2.45) is 0 Å². The predicted molar refractivity (Wildman–Crippen MR) is 69.9 cm³/mol. The number of nitrogens with zero attached hydrogens (tertiary/aromatic N) is 1. The van der Waals surface area contributed by atoms with Crippen LogP contribution < -0.4 is 0 Å². The molecule has 96 valence electrons. The molecule has 1 aromatic heterocycles. The van der Waals surface area contributed by atoms with Gasteiger partial charge < -0.3 is 14.8 Å². The number of fused-ring (bicyclic) bond motifs is 1. The standard InChI is InChI=1S/C14H17NO3/c1-3-15-8-12(9(2)6-14(17)18)11-7-10(16)4-5-13(11)15/h4-5,7-9,16H,3,6H2,1-2H3,(H,17,18). The minimum atomic E-state index is -0.806. The van der Waals surface area contributed by atoms with E-state index in [2.05, 4.69) is 4.57 Å². The van der Waals surface area contributed by atoms with Crippen LogP contribution in [0.25, 0.3) is 10.9 Å². The van der Waals surface area contributed by atoms with E-state index in [9.17, 15) is 9.90 Å². The van der Waals surface area contributed by atoms with Gasteiger partial charge in [-0.15, -0.1) is 0 Å². The maximum atomic E-state index is 10.8. The molecule has 0 radical (unpaired) electrons. The highest BCUT2D eigenvalue weighted by atomic mass is 16.4. The predicted octanol–water partition coefficient (Wildman–Crippen LogP) is 2.95. The van der Waals surface area contributed by atoms with E-state index < -0.39 is 5.97 Å². The van der Waals surface area contributed by atoms with Crippen LogP contribution in [0.15, 0.2) is 24.4 Å². The molecule has 1 aromatic carbocycles.